The number of nitrogens with zero attached hydrogens (tertiary/aromatic N) is 2. The molecule has 6 aromatic rings. The van der Waals surface area contributed by atoms with E-state index in [1.54, 1.807) is 0 Å². The van der Waals surface area contributed by atoms with Crippen molar-refractivity contribution in [2.45, 2.75) is 68.5 Å². The maximum atomic E-state index is 16.1. The van der Waals surface area contributed by atoms with Crippen molar-refractivity contribution in [2.24, 2.45) is 14.1 Å². The predicted molar refractivity (Wildman–Crippen MR) is 241 cm³/mol. The van der Waals surface area contributed by atoms with Crippen molar-refractivity contribution in [3.8, 4) is 23.0 Å². The van der Waals surface area contributed by atoms with Crippen molar-refractivity contribution in [2.75, 3.05) is 0 Å². The van der Waals surface area contributed by atoms with E-state index in [1.165, 1.54) is 0 Å². The molecule has 0 saturated carbocycles. The van der Waals surface area contributed by atoms with Gasteiger partial charge in [0.05, 0.1) is 22.3 Å². The normalized spacial score (nSPS) is 14.9. The Morgan fingerprint density at radius 1 is 0.608 bits per heavy atom. The zero-order valence-electron chi connectivity index (χ0n) is 38.4. The summed E-state index contributed by atoms with van der Waals surface area (Å²) in [7, 11) is 2.18. The third kappa shape index (κ3) is 10.8. The van der Waals surface area contributed by atoms with Gasteiger partial charge in [-0.05, 0) is 90.8 Å². The summed E-state index contributed by atoms with van der Waals surface area (Å²) in [5, 5.41) is 19.2. The van der Waals surface area contributed by atoms with E-state index in [1.807, 2.05) is 0 Å². The van der Waals surface area contributed by atoms with Crippen molar-refractivity contribution in [1.29, 1.82) is 0 Å². The van der Waals surface area contributed by atoms with Gasteiger partial charge in [0.2, 0.25) is 11.2 Å². The number of hydrogen-bond donors (Lipinski definition) is 2. The zero-order chi connectivity index (χ0) is 55.4. The van der Waals surface area contributed by atoms with Gasteiger partial charge in [0.25, 0.3) is 5.56 Å². The SMILES string of the molecule is Cc1cc(C(OC(=O)c2ccc(Oc3ccc(C(C)C(O)(c4ccc(=O)n(C)c4)C(F)(F)F)c(Cl)c3)cc2C(F)(F)F)(C(C)c2ccc(Oc3ccc(C(=O)O)cc3C(F)(F)F)cc2Cl)C(F)(F)F)cn(C)c1=O. The quantitative estimate of drug-likeness (QED) is 0.0852. The summed E-state index contributed by atoms with van der Waals surface area (Å²) in [5.74, 6) is -10.7. The number of rotatable bonds is 13. The fourth-order valence-corrected chi connectivity index (χ4v) is 8.82. The van der Waals surface area contributed by atoms with Crippen LogP contribution in [-0.4, -0.2) is 43.6 Å². The number of halogens is 14. The number of aryl methyl sites for hydroxylation is 3. The van der Waals surface area contributed by atoms with Crippen LogP contribution in [0.15, 0.2) is 113 Å². The molecule has 0 bridgehead atoms. The van der Waals surface area contributed by atoms with Crippen LogP contribution in [0.25, 0.3) is 0 Å². The number of benzene rings is 4. The lowest BCUT2D eigenvalue weighted by Crippen LogP contribution is -2.51. The monoisotopic (exact) mass is 1090 g/mol. The van der Waals surface area contributed by atoms with E-state index in [4.69, 9.17) is 37.4 Å². The van der Waals surface area contributed by atoms with E-state index >= 15 is 13.2 Å². The Kier molecular flexibility index (Phi) is 15.3. The molecule has 0 aliphatic heterocycles. The number of pyridine rings is 2. The molecular formula is C49H36Cl2F12N2O9. The molecule has 11 nitrogen and oxygen atoms in total. The van der Waals surface area contributed by atoms with Gasteiger partial charge in [-0.1, -0.05) is 49.2 Å². The number of carboxylic acid groups (broad SMARTS) is 1. The molecule has 0 aliphatic carbocycles. The maximum absolute atomic E-state index is 16.1. The molecule has 4 aromatic carbocycles. The van der Waals surface area contributed by atoms with E-state index in [2.05, 4.69) is 0 Å². The fraction of sp³-hybridized carbons (Fsp3) is 0.265. The highest BCUT2D eigenvalue weighted by molar-refractivity contribution is 6.32. The minimum absolute atomic E-state index is 0.202. The summed E-state index contributed by atoms with van der Waals surface area (Å²) in [6.07, 6.45) is -20.5. The Labute approximate surface area is 419 Å². The highest BCUT2D eigenvalue weighted by atomic mass is 35.5. The number of aromatic nitrogens is 2. The first kappa shape index (κ1) is 56.3. The van der Waals surface area contributed by atoms with Crippen molar-refractivity contribution >= 4 is 35.1 Å². The first-order valence-corrected chi connectivity index (χ1v) is 21.8. The fourth-order valence-electron chi connectivity index (χ4n) is 8.15. The lowest BCUT2D eigenvalue weighted by molar-refractivity contribution is -0.274. The molecule has 0 fully saturated rings. The Hall–Kier alpha value is -6.98. The summed E-state index contributed by atoms with van der Waals surface area (Å²) < 4.78 is 196. The average Bonchev–Trinajstić information content (AvgIpc) is 3.28. The van der Waals surface area contributed by atoms with Crippen molar-refractivity contribution in [3.05, 3.63) is 184 Å². The van der Waals surface area contributed by atoms with E-state index in [0.717, 1.165) is 100 Å². The second-order valence-electron chi connectivity index (χ2n) is 16.8. The molecule has 4 unspecified atom stereocenters. The van der Waals surface area contributed by atoms with Crippen LogP contribution in [0.3, 0.4) is 0 Å². The van der Waals surface area contributed by atoms with Crippen LogP contribution in [0.4, 0.5) is 52.7 Å². The third-order valence-corrected chi connectivity index (χ3v) is 12.7. The molecule has 0 amide bonds. The number of hydrogen-bond acceptors (Lipinski definition) is 8. The van der Waals surface area contributed by atoms with Crippen LogP contribution in [0, 0.1) is 6.92 Å². The van der Waals surface area contributed by atoms with Gasteiger partial charge in [-0.25, -0.2) is 9.59 Å². The second kappa shape index (κ2) is 20.0. The van der Waals surface area contributed by atoms with Gasteiger partial charge in [-0.3, -0.25) is 9.59 Å². The van der Waals surface area contributed by atoms with Gasteiger partial charge < -0.3 is 33.6 Å². The van der Waals surface area contributed by atoms with Crippen LogP contribution in [0.1, 0.15) is 85.3 Å². The minimum atomic E-state index is -5.79. The molecular weight excluding hydrogens is 1060 g/mol. The number of carbonyl (C=O) groups is 2. The van der Waals surface area contributed by atoms with E-state index < -0.39 is 143 Å². The summed E-state index contributed by atoms with van der Waals surface area (Å²) in [5.41, 5.74) is -17.9. The van der Waals surface area contributed by atoms with Crippen molar-refractivity contribution in [1.82, 2.24) is 9.13 Å². The molecule has 2 aromatic heterocycles. The standard InChI is InChI=1S/C49H36Cl2F12N2O9/c1-23-16-28(22-65(5)41(23)67)45(49(61,62)63,25(3)33-12-9-31(20-38(33)51)73-39-14-6-26(42(68)69)17-36(39)47(55,56)57)74-43(70)34-13-10-29(18-35(34)46(52,53)54)72-30-8-11-32(37(50)19-30)24(2)44(71,48(58,59)60)27-7-15-40(66)64(4)21-27/h6-22,24-25,71H,1-5H3,(H,68,69). The average molecular weight is 1100 g/mol. The van der Waals surface area contributed by atoms with E-state index in [-0.39, 0.29) is 23.3 Å². The molecule has 74 heavy (non-hydrogen) atoms. The number of ether oxygens (including phenoxy) is 3. The number of aromatic carboxylic acids is 1. The van der Waals surface area contributed by atoms with Crippen LogP contribution >= 0.6 is 23.2 Å². The Morgan fingerprint density at radius 3 is 1.64 bits per heavy atom. The van der Waals surface area contributed by atoms with Crippen LogP contribution in [0.2, 0.25) is 10.0 Å². The van der Waals surface area contributed by atoms with Crippen molar-refractivity contribution in [3.63, 3.8) is 0 Å². The number of carboxylic acids is 1. The lowest BCUT2D eigenvalue weighted by atomic mass is 9.77. The first-order chi connectivity index (χ1) is 34.0. The number of aliphatic hydroxyl groups is 1. The number of esters is 1. The summed E-state index contributed by atoms with van der Waals surface area (Å²) in [4.78, 5) is 50.1. The molecule has 394 valence electrons. The smallest absolute Gasteiger partial charge is 0.433 e. The lowest BCUT2D eigenvalue weighted by Gasteiger charge is -2.41. The molecule has 0 radical (unpaired) electrons. The Morgan fingerprint density at radius 2 is 1.14 bits per heavy atom. The highest BCUT2D eigenvalue weighted by Gasteiger charge is 2.64. The van der Waals surface area contributed by atoms with Gasteiger partial charge in [0, 0.05) is 71.1 Å². The Balaban J connectivity index is 1.39. The molecule has 25 heteroatoms. The van der Waals surface area contributed by atoms with E-state index in [0.29, 0.717) is 35.0 Å². The minimum Gasteiger partial charge on any atom is -0.478 e. The summed E-state index contributed by atoms with van der Waals surface area (Å²) in [6, 6.07) is 10.6. The topological polar surface area (TPSA) is 146 Å². The predicted octanol–water partition coefficient (Wildman–Crippen LogP) is 13.0. The molecule has 0 aliphatic rings. The van der Waals surface area contributed by atoms with E-state index in [9.17, 15) is 68.9 Å². The maximum Gasteiger partial charge on any atom is 0.433 e. The summed E-state index contributed by atoms with van der Waals surface area (Å²) >= 11 is 12.8. The van der Waals surface area contributed by atoms with Gasteiger partial charge in [0.15, 0.2) is 5.60 Å². The van der Waals surface area contributed by atoms with Crippen LogP contribution in [0.5, 0.6) is 23.0 Å². The molecule has 2 N–H and O–H groups in total. The molecule has 6 rings (SSSR count). The molecule has 4 atom stereocenters. The molecule has 0 saturated heterocycles. The zero-order valence-corrected chi connectivity index (χ0v) is 39.9. The third-order valence-electron chi connectivity index (χ3n) is 12.0. The number of alkyl halides is 12. The van der Waals surface area contributed by atoms with Crippen molar-refractivity contribution < 1.29 is 86.7 Å². The van der Waals surface area contributed by atoms with Gasteiger partial charge in [-0.15, -0.1) is 0 Å². The second-order valence-corrected chi connectivity index (χ2v) is 17.6. The van der Waals surface area contributed by atoms with Crippen LogP contribution in [-0.2, 0) is 42.4 Å². The van der Waals surface area contributed by atoms with Crippen LogP contribution < -0.4 is 20.6 Å². The summed E-state index contributed by atoms with van der Waals surface area (Å²) in [6.45, 7) is 2.87. The van der Waals surface area contributed by atoms with Gasteiger partial charge in [0.1, 0.15) is 23.0 Å². The van der Waals surface area contributed by atoms with Gasteiger partial charge >= 0.3 is 36.6 Å². The highest BCUT2D eigenvalue weighted by Crippen LogP contribution is 2.55. The Bertz CT molecular complexity index is 3270. The first-order valence-electron chi connectivity index (χ1n) is 21.1. The molecule has 0 spiro atoms. The molecule has 2 heterocycles. The number of carbonyl (C=O) groups excluding carboxylic acids is 1. The van der Waals surface area contributed by atoms with Gasteiger partial charge in [-0.2, -0.15) is 52.7 Å². The largest absolute Gasteiger partial charge is 0.478 e.